The first-order chi connectivity index (χ1) is 6.76. The van der Waals surface area contributed by atoms with E-state index in [0.717, 1.165) is 12.0 Å². The molecule has 1 aliphatic carbocycles. The molecule has 0 radical (unpaired) electrons. The Morgan fingerprint density at radius 3 is 2.86 bits per heavy atom. The number of halogens is 1. The molecule has 0 heterocycles. The van der Waals surface area contributed by atoms with E-state index in [-0.39, 0.29) is 5.82 Å². The van der Waals surface area contributed by atoms with Crippen molar-refractivity contribution in [1.82, 2.24) is 0 Å². The van der Waals surface area contributed by atoms with Crippen molar-refractivity contribution in [2.75, 3.05) is 13.7 Å². The topological polar surface area (TPSA) is 35.2 Å². The largest absolute Gasteiger partial charge is 0.494 e. The standard InChI is InChI=1S/C11H14FNO/c1-14-11-3-2-7(5-10(11)12)9-4-8(9)6-13/h2-3,5,8-9H,4,6,13H2,1H3/t8-,9-/m0/s1. The summed E-state index contributed by atoms with van der Waals surface area (Å²) in [7, 11) is 1.47. The molecule has 0 aliphatic heterocycles. The fourth-order valence-electron chi connectivity index (χ4n) is 1.83. The fraction of sp³-hybridized carbons (Fsp3) is 0.455. The summed E-state index contributed by atoms with van der Waals surface area (Å²) in [4.78, 5) is 0. The molecule has 2 atom stereocenters. The van der Waals surface area contributed by atoms with E-state index in [1.54, 1.807) is 12.1 Å². The smallest absolute Gasteiger partial charge is 0.165 e. The Hall–Kier alpha value is -1.09. The van der Waals surface area contributed by atoms with Crippen LogP contribution in [0.15, 0.2) is 18.2 Å². The van der Waals surface area contributed by atoms with Gasteiger partial charge in [-0.25, -0.2) is 4.39 Å². The van der Waals surface area contributed by atoms with E-state index in [2.05, 4.69) is 0 Å². The van der Waals surface area contributed by atoms with E-state index in [1.807, 2.05) is 6.07 Å². The highest BCUT2D eigenvalue weighted by Crippen LogP contribution is 2.47. The number of hydrogen-bond donors (Lipinski definition) is 1. The monoisotopic (exact) mass is 195 g/mol. The summed E-state index contributed by atoms with van der Waals surface area (Å²) in [6.45, 7) is 0.693. The molecule has 1 aromatic carbocycles. The van der Waals surface area contributed by atoms with Crippen LogP contribution in [-0.4, -0.2) is 13.7 Å². The lowest BCUT2D eigenvalue weighted by molar-refractivity contribution is 0.386. The molecule has 0 saturated heterocycles. The van der Waals surface area contributed by atoms with E-state index in [1.165, 1.54) is 7.11 Å². The summed E-state index contributed by atoms with van der Waals surface area (Å²) < 4.78 is 18.2. The molecule has 1 aliphatic rings. The van der Waals surface area contributed by atoms with Crippen molar-refractivity contribution >= 4 is 0 Å². The fourth-order valence-corrected chi connectivity index (χ4v) is 1.83. The summed E-state index contributed by atoms with van der Waals surface area (Å²) in [6, 6.07) is 5.15. The molecule has 2 N–H and O–H groups in total. The Kier molecular flexibility index (Phi) is 2.42. The summed E-state index contributed by atoms with van der Waals surface area (Å²) in [6.07, 6.45) is 1.09. The van der Waals surface area contributed by atoms with Crippen LogP contribution in [0.4, 0.5) is 4.39 Å². The highest BCUT2D eigenvalue weighted by molar-refractivity contribution is 5.34. The van der Waals surface area contributed by atoms with E-state index in [4.69, 9.17) is 10.5 Å². The van der Waals surface area contributed by atoms with Gasteiger partial charge < -0.3 is 10.5 Å². The zero-order chi connectivity index (χ0) is 10.1. The first-order valence-electron chi connectivity index (χ1n) is 4.79. The lowest BCUT2D eigenvalue weighted by Crippen LogP contribution is -2.02. The van der Waals surface area contributed by atoms with Gasteiger partial charge in [-0.3, -0.25) is 0 Å². The van der Waals surface area contributed by atoms with Gasteiger partial charge in [0.15, 0.2) is 11.6 Å². The number of hydrogen-bond acceptors (Lipinski definition) is 2. The molecule has 0 spiro atoms. The van der Waals surface area contributed by atoms with Crippen LogP contribution in [0, 0.1) is 11.7 Å². The number of rotatable bonds is 3. The zero-order valence-electron chi connectivity index (χ0n) is 8.16. The second kappa shape index (κ2) is 3.58. The van der Waals surface area contributed by atoms with Crippen LogP contribution in [0.1, 0.15) is 17.9 Å². The van der Waals surface area contributed by atoms with Gasteiger partial charge >= 0.3 is 0 Å². The lowest BCUT2D eigenvalue weighted by atomic mass is 10.1. The molecular weight excluding hydrogens is 181 g/mol. The normalized spacial score (nSPS) is 24.8. The van der Waals surface area contributed by atoms with Crippen LogP contribution in [0.25, 0.3) is 0 Å². The van der Waals surface area contributed by atoms with Crippen molar-refractivity contribution in [1.29, 1.82) is 0 Å². The van der Waals surface area contributed by atoms with Crippen LogP contribution in [-0.2, 0) is 0 Å². The van der Waals surface area contributed by atoms with Gasteiger partial charge in [0.05, 0.1) is 7.11 Å². The summed E-state index contributed by atoms with van der Waals surface area (Å²) >= 11 is 0. The Morgan fingerprint density at radius 2 is 2.36 bits per heavy atom. The van der Waals surface area contributed by atoms with Crippen LogP contribution < -0.4 is 10.5 Å². The molecule has 0 bridgehead atoms. The predicted molar refractivity (Wildman–Crippen MR) is 52.9 cm³/mol. The molecule has 14 heavy (non-hydrogen) atoms. The van der Waals surface area contributed by atoms with Gasteiger partial charge in [0, 0.05) is 0 Å². The molecule has 2 nitrogen and oxygen atoms in total. The average Bonchev–Trinajstić information content (AvgIpc) is 2.96. The maximum absolute atomic E-state index is 13.3. The Morgan fingerprint density at radius 1 is 1.57 bits per heavy atom. The van der Waals surface area contributed by atoms with E-state index >= 15 is 0 Å². The molecule has 0 unspecified atom stereocenters. The van der Waals surface area contributed by atoms with Gasteiger partial charge in [0.1, 0.15) is 0 Å². The molecule has 0 amide bonds. The van der Waals surface area contributed by atoms with Crippen molar-refractivity contribution in [2.45, 2.75) is 12.3 Å². The minimum absolute atomic E-state index is 0.285. The van der Waals surface area contributed by atoms with Crippen LogP contribution in [0.2, 0.25) is 0 Å². The number of nitrogens with two attached hydrogens (primary N) is 1. The molecule has 1 aromatic rings. The molecular formula is C11H14FNO. The van der Waals surface area contributed by atoms with Crippen molar-refractivity contribution in [3.8, 4) is 5.75 Å². The molecule has 0 aromatic heterocycles. The first-order valence-corrected chi connectivity index (χ1v) is 4.79. The minimum atomic E-state index is -0.285. The SMILES string of the molecule is COc1ccc([C@@H]2C[C@H]2CN)cc1F. The second-order valence-electron chi connectivity index (χ2n) is 3.73. The lowest BCUT2D eigenvalue weighted by Gasteiger charge is -2.04. The van der Waals surface area contributed by atoms with Gasteiger partial charge in [0.25, 0.3) is 0 Å². The van der Waals surface area contributed by atoms with Crippen molar-refractivity contribution in [3.63, 3.8) is 0 Å². The third kappa shape index (κ3) is 1.60. The van der Waals surface area contributed by atoms with Gasteiger partial charge in [-0.2, -0.15) is 0 Å². The van der Waals surface area contributed by atoms with Gasteiger partial charge in [-0.15, -0.1) is 0 Å². The number of ether oxygens (including phenoxy) is 1. The molecule has 3 heteroatoms. The van der Waals surface area contributed by atoms with Crippen molar-refractivity contribution in [2.24, 2.45) is 11.7 Å². The predicted octanol–water partition coefficient (Wildman–Crippen LogP) is 1.90. The minimum Gasteiger partial charge on any atom is -0.494 e. The third-order valence-electron chi connectivity index (χ3n) is 2.83. The summed E-state index contributed by atoms with van der Waals surface area (Å²) in [5.74, 6) is 1.02. The average molecular weight is 195 g/mol. The van der Waals surface area contributed by atoms with Gasteiger partial charge in [0.2, 0.25) is 0 Å². The van der Waals surface area contributed by atoms with Gasteiger partial charge in [-0.1, -0.05) is 6.07 Å². The first kappa shape index (κ1) is 9.46. The Labute approximate surface area is 82.9 Å². The molecule has 76 valence electrons. The van der Waals surface area contributed by atoms with E-state index in [9.17, 15) is 4.39 Å². The van der Waals surface area contributed by atoms with Crippen LogP contribution in [0.3, 0.4) is 0 Å². The maximum atomic E-state index is 13.3. The quantitative estimate of drug-likeness (QED) is 0.799. The molecule has 1 saturated carbocycles. The molecule has 2 rings (SSSR count). The highest BCUT2D eigenvalue weighted by atomic mass is 19.1. The van der Waals surface area contributed by atoms with E-state index in [0.29, 0.717) is 24.1 Å². The van der Waals surface area contributed by atoms with Crippen molar-refractivity contribution < 1.29 is 9.13 Å². The summed E-state index contributed by atoms with van der Waals surface area (Å²) in [5.41, 5.74) is 6.58. The summed E-state index contributed by atoms with van der Waals surface area (Å²) in [5, 5.41) is 0. The van der Waals surface area contributed by atoms with Gasteiger partial charge in [-0.05, 0) is 42.5 Å². The molecule has 1 fully saturated rings. The maximum Gasteiger partial charge on any atom is 0.165 e. The Balaban J connectivity index is 2.17. The second-order valence-corrected chi connectivity index (χ2v) is 3.73. The van der Waals surface area contributed by atoms with Crippen molar-refractivity contribution in [3.05, 3.63) is 29.6 Å². The van der Waals surface area contributed by atoms with E-state index < -0.39 is 0 Å². The number of methoxy groups -OCH3 is 1. The number of benzene rings is 1. The van der Waals surface area contributed by atoms with Crippen LogP contribution >= 0.6 is 0 Å². The zero-order valence-corrected chi connectivity index (χ0v) is 8.16. The Bertz CT molecular complexity index is 340. The third-order valence-corrected chi connectivity index (χ3v) is 2.83. The van der Waals surface area contributed by atoms with Crippen LogP contribution in [0.5, 0.6) is 5.75 Å². The highest BCUT2D eigenvalue weighted by Gasteiger charge is 2.37.